The van der Waals surface area contributed by atoms with Crippen LogP contribution < -0.4 is 5.43 Å². The number of rotatable bonds is 2. The van der Waals surface area contributed by atoms with Gasteiger partial charge in [0.25, 0.3) is 0 Å². The normalized spacial score (nSPS) is 9.50. The van der Waals surface area contributed by atoms with E-state index in [1.165, 1.54) is 6.20 Å². The van der Waals surface area contributed by atoms with Gasteiger partial charge in [-0.25, -0.2) is 9.99 Å². The van der Waals surface area contributed by atoms with Gasteiger partial charge < -0.3 is 5.43 Å². The van der Waals surface area contributed by atoms with Crippen molar-refractivity contribution in [2.45, 2.75) is 0 Å². The first-order chi connectivity index (χ1) is 5.72. The second-order valence-corrected chi connectivity index (χ2v) is 2.41. The van der Waals surface area contributed by atoms with Crippen LogP contribution in [0.1, 0.15) is 5.69 Å². The van der Waals surface area contributed by atoms with Gasteiger partial charge in [-0.15, -0.1) is 0 Å². The highest BCUT2D eigenvalue weighted by molar-refractivity contribution is 5.33. The van der Waals surface area contributed by atoms with Gasteiger partial charge in [0.2, 0.25) is 0 Å². The van der Waals surface area contributed by atoms with Crippen LogP contribution in [0.2, 0.25) is 0 Å². The molecule has 62 valence electrons. The Morgan fingerprint density at radius 2 is 2.25 bits per heavy atom. The third-order valence-electron chi connectivity index (χ3n) is 1.09. The van der Waals surface area contributed by atoms with Crippen LogP contribution in [0.25, 0.3) is 0 Å². The second-order valence-electron chi connectivity index (χ2n) is 2.41. The number of hydrazine groups is 1. The zero-order chi connectivity index (χ0) is 8.97. The van der Waals surface area contributed by atoms with Gasteiger partial charge in [0.1, 0.15) is 6.07 Å². The first-order valence-corrected chi connectivity index (χ1v) is 3.38. The summed E-state index contributed by atoms with van der Waals surface area (Å²) in [6.45, 7) is 0. The van der Waals surface area contributed by atoms with Crippen molar-refractivity contribution >= 4 is 5.82 Å². The lowest BCUT2D eigenvalue weighted by Gasteiger charge is -2.11. The molecule has 12 heavy (non-hydrogen) atoms. The van der Waals surface area contributed by atoms with E-state index in [1.807, 2.05) is 20.2 Å². The van der Waals surface area contributed by atoms with Gasteiger partial charge >= 0.3 is 0 Å². The number of anilines is 1. The predicted molar refractivity (Wildman–Crippen MR) is 44.1 cm³/mol. The monoisotopic (exact) mass is 163 g/mol. The average molecular weight is 163 g/mol. The Morgan fingerprint density at radius 3 is 2.83 bits per heavy atom. The predicted octanol–water partition coefficient (Wildman–Crippen LogP) is 0.237. The smallest absolute Gasteiger partial charge is 0.161 e. The zero-order valence-corrected chi connectivity index (χ0v) is 6.94. The maximum atomic E-state index is 8.50. The average Bonchev–Trinajstić information content (AvgIpc) is 2.03. The third kappa shape index (κ3) is 2.18. The molecule has 0 bridgehead atoms. The van der Waals surface area contributed by atoms with Crippen LogP contribution in [-0.4, -0.2) is 29.1 Å². The molecule has 0 aromatic carbocycles. The van der Waals surface area contributed by atoms with Crippen molar-refractivity contribution in [1.82, 2.24) is 15.0 Å². The molecule has 1 N–H and O–H groups in total. The van der Waals surface area contributed by atoms with Gasteiger partial charge in [-0.05, 0) is 0 Å². The minimum Gasteiger partial charge on any atom is -0.302 e. The summed E-state index contributed by atoms with van der Waals surface area (Å²) < 4.78 is 0. The van der Waals surface area contributed by atoms with Crippen LogP contribution in [0.15, 0.2) is 12.4 Å². The first-order valence-electron chi connectivity index (χ1n) is 3.38. The molecule has 0 fully saturated rings. The van der Waals surface area contributed by atoms with Crippen LogP contribution in [0, 0.1) is 11.3 Å². The van der Waals surface area contributed by atoms with Gasteiger partial charge in [-0.3, -0.25) is 4.98 Å². The van der Waals surface area contributed by atoms with Crippen molar-refractivity contribution in [3.05, 3.63) is 18.1 Å². The lowest BCUT2D eigenvalue weighted by Crippen LogP contribution is -2.20. The van der Waals surface area contributed by atoms with Crippen molar-refractivity contribution < 1.29 is 0 Å². The number of nitrogens with zero attached hydrogens (tertiary/aromatic N) is 4. The van der Waals surface area contributed by atoms with Gasteiger partial charge in [-0.1, -0.05) is 0 Å². The van der Waals surface area contributed by atoms with Crippen LogP contribution >= 0.6 is 0 Å². The maximum Gasteiger partial charge on any atom is 0.161 e. The zero-order valence-electron chi connectivity index (χ0n) is 6.94. The maximum absolute atomic E-state index is 8.50. The molecular weight excluding hydrogens is 154 g/mol. The molecule has 0 aliphatic rings. The van der Waals surface area contributed by atoms with Crippen LogP contribution in [0.5, 0.6) is 0 Å². The summed E-state index contributed by atoms with van der Waals surface area (Å²) in [5, 5.41) is 10.2. The molecule has 1 aromatic heterocycles. The number of nitriles is 1. The van der Waals surface area contributed by atoms with Gasteiger partial charge in [-0.2, -0.15) is 5.26 Å². The first kappa shape index (κ1) is 8.43. The molecule has 0 saturated carbocycles. The van der Waals surface area contributed by atoms with E-state index in [4.69, 9.17) is 5.26 Å². The highest BCUT2D eigenvalue weighted by atomic mass is 15.5. The molecule has 5 nitrogen and oxygen atoms in total. The summed E-state index contributed by atoms with van der Waals surface area (Å²) in [5.41, 5.74) is 3.20. The summed E-state index contributed by atoms with van der Waals surface area (Å²) in [6, 6.07) is 1.91. The van der Waals surface area contributed by atoms with Crippen LogP contribution in [0.3, 0.4) is 0 Å². The van der Waals surface area contributed by atoms with Crippen LogP contribution in [0.4, 0.5) is 5.82 Å². The molecule has 0 radical (unpaired) electrons. The number of hydrogen-bond acceptors (Lipinski definition) is 5. The molecule has 0 aliphatic heterocycles. The molecule has 0 unspecified atom stereocenters. The summed E-state index contributed by atoms with van der Waals surface area (Å²) >= 11 is 0. The van der Waals surface area contributed by atoms with Gasteiger partial charge in [0, 0.05) is 14.1 Å². The SMILES string of the molecule is CN(C)Nc1cncc(C#N)n1. The Balaban J connectivity index is 2.81. The highest BCUT2D eigenvalue weighted by Crippen LogP contribution is 2.00. The van der Waals surface area contributed by atoms with E-state index in [0.29, 0.717) is 11.5 Å². The van der Waals surface area contributed by atoms with E-state index in [0.717, 1.165) is 0 Å². The topological polar surface area (TPSA) is 64.8 Å². The van der Waals surface area contributed by atoms with E-state index < -0.39 is 0 Å². The molecule has 0 aliphatic carbocycles. The van der Waals surface area contributed by atoms with Crippen molar-refractivity contribution in [3.63, 3.8) is 0 Å². The molecule has 1 heterocycles. The Kier molecular flexibility index (Phi) is 2.56. The van der Waals surface area contributed by atoms with Gasteiger partial charge in [0.05, 0.1) is 12.4 Å². The summed E-state index contributed by atoms with van der Waals surface area (Å²) in [6.07, 6.45) is 2.97. The largest absolute Gasteiger partial charge is 0.302 e. The van der Waals surface area contributed by atoms with E-state index >= 15 is 0 Å². The van der Waals surface area contributed by atoms with Crippen molar-refractivity contribution in [3.8, 4) is 6.07 Å². The number of aromatic nitrogens is 2. The molecule has 5 heteroatoms. The number of nitrogens with one attached hydrogen (secondary N) is 1. The summed E-state index contributed by atoms with van der Waals surface area (Å²) in [4.78, 5) is 7.79. The standard InChI is InChI=1S/C7H9N5/c1-12(2)11-7-5-9-4-6(3-8)10-7/h4-5H,1-2H3,(H,10,11). The van der Waals surface area contributed by atoms with E-state index in [2.05, 4.69) is 15.4 Å². The van der Waals surface area contributed by atoms with Crippen molar-refractivity contribution in [2.24, 2.45) is 0 Å². The Bertz CT molecular complexity index is 301. The Morgan fingerprint density at radius 1 is 1.50 bits per heavy atom. The molecule has 0 saturated heterocycles. The minimum atomic E-state index is 0.307. The molecule has 0 atom stereocenters. The molecule has 1 rings (SSSR count). The quantitative estimate of drug-likeness (QED) is 0.632. The fourth-order valence-corrected chi connectivity index (χ4v) is 0.703. The lowest BCUT2D eigenvalue weighted by atomic mass is 10.5. The second kappa shape index (κ2) is 3.64. The fraction of sp³-hybridized carbons (Fsp3) is 0.286. The third-order valence-corrected chi connectivity index (χ3v) is 1.09. The van der Waals surface area contributed by atoms with Crippen molar-refractivity contribution in [2.75, 3.05) is 19.5 Å². The Labute approximate surface area is 70.6 Å². The minimum absolute atomic E-state index is 0.307. The van der Waals surface area contributed by atoms with E-state index in [1.54, 1.807) is 11.2 Å². The van der Waals surface area contributed by atoms with Crippen molar-refractivity contribution in [1.29, 1.82) is 5.26 Å². The molecular formula is C7H9N5. The summed E-state index contributed by atoms with van der Waals surface area (Å²) in [7, 11) is 3.67. The highest BCUT2D eigenvalue weighted by Gasteiger charge is 1.96. The Hall–Kier alpha value is -1.67. The van der Waals surface area contributed by atoms with Gasteiger partial charge in [0.15, 0.2) is 11.5 Å². The summed E-state index contributed by atoms with van der Waals surface area (Å²) in [5.74, 6) is 0.569. The molecule has 1 aromatic rings. The number of hydrogen-bond donors (Lipinski definition) is 1. The van der Waals surface area contributed by atoms with Crippen LogP contribution in [-0.2, 0) is 0 Å². The molecule has 0 amide bonds. The fourth-order valence-electron chi connectivity index (χ4n) is 0.703. The van der Waals surface area contributed by atoms with E-state index in [-0.39, 0.29) is 0 Å². The molecule has 0 spiro atoms. The van der Waals surface area contributed by atoms with E-state index in [9.17, 15) is 0 Å². The lowest BCUT2D eigenvalue weighted by molar-refractivity contribution is 0.492.